The smallest absolute Gasteiger partial charge is 0.225 e. The van der Waals surface area contributed by atoms with Crippen molar-refractivity contribution in [3.8, 4) is 5.69 Å². The van der Waals surface area contributed by atoms with E-state index in [9.17, 15) is 4.79 Å². The van der Waals surface area contributed by atoms with Crippen LogP contribution in [0.15, 0.2) is 30.3 Å². The van der Waals surface area contributed by atoms with Crippen LogP contribution in [0.4, 0.5) is 5.69 Å². The molecule has 1 aliphatic heterocycles. The van der Waals surface area contributed by atoms with E-state index >= 15 is 0 Å². The van der Waals surface area contributed by atoms with Crippen LogP contribution in [0.1, 0.15) is 24.7 Å². The molecule has 1 aromatic heterocycles. The lowest BCUT2D eigenvalue weighted by molar-refractivity contribution is -0.116. The number of aryl methyl sites for hydroxylation is 1. The lowest BCUT2D eigenvalue weighted by Gasteiger charge is -2.33. The average molecular weight is 378 g/mol. The van der Waals surface area contributed by atoms with E-state index in [0.29, 0.717) is 12.5 Å². The van der Waals surface area contributed by atoms with Crippen LogP contribution in [-0.2, 0) is 4.79 Å². The predicted octanol–water partition coefficient (Wildman–Crippen LogP) is 2.53. The van der Waals surface area contributed by atoms with E-state index in [4.69, 9.17) is 0 Å². The molecule has 1 aliphatic rings. The van der Waals surface area contributed by atoms with Gasteiger partial charge < -0.3 is 10.6 Å². The van der Waals surface area contributed by atoms with E-state index in [1.165, 1.54) is 0 Å². The van der Waals surface area contributed by atoms with Crippen molar-refractivity contribution in [2.24, 2.45) is 0 Å². The maximum absolute atomic E-state index is 12.4. The fourth-order valence-corrected chi connectivity index (χ4v) is 3.31. The number of hydrogen-bond donors (Lipinski definition) is 2. The Kier molecular flexibility index (Phi) is 7.20. The molecule has 1 amide bonds. The van der Waals surface area contributed by atoms with Gasteiger partial charge in [0, 0.05) is 38.6 Å². The molecule has 2 aromatic rings. The summed E-state index contributed by atoms with van der Waals surface area (Å²) in [4.78, 5) is 14.8. The van der Waals surface area contributed by atoms with E-state index in [2.05, 4.69) is 27.6 Å². The maximum atomic E-state index is 12.4. The third-order valence-electron chi connectivity index (χ3n) is 4.82. The number of amides is 1. The fourth-order valence-electron chi connectivity index (χ4n) is 3.31. The van der Waals surface area contributed by atoms with Gasteiger partial charge in [0.1, 0.15) is 0 Å². The SMILES string of the molecule is Cc1nn(-c2ccccc2)c(C)c1NC(=O)CCN1CCNC[C@H]1C.Cl. The summed E-state index contributed by atoms with van der Waals surface area (Å²) in [6.07, 6.45) is 0.500. The number of para-hydroxylation sites is 1. The lowest BCUT2D eigenvalue weighted by Crippen LogP contribution is -2.50. The molecule has 0 radical (unpaired) electrons. The maximum Gasteiger partial charge on any atom is 0.225 e. The summed E-state index contributed by atoms with van der Waals surface area (Å²) in [6, 6.07) is 10.4. The molecule has 2 heterocycles. The van der Waals surface area contributed by atoms with Gasteiger partial charge >= 0.3 is 0 Å². The molecule has 2 N–H and O–H groups in total. The van der Waals surface area contributed by atoms with E-state index in [-0.39, 0.29) is 18.3 Å². The van der Waals surface area contributed by atoms with Crippen molar-refractivity contribution in [3.05, 3.63) is 41.7 Å². The normalized spacial score (nSPS) is 17.6. The molecule has 1 atom stereocenters. The van der Waals surface area contributed by atoms with Crippen LogP contribution in [0.2, 0.25) is 0 Å². The number of halogens is 1. The summed E-state index contributed by atoms with van der Waals surface area (Å²) in [5, 5.41) is 11.0. The first kappa shape index (κ1) is 20.4. The van der Waals surface area contributed by atoms with E-state index in [0.717, 1.165) is 48.9 Å². The van der Waals surface area contributed by atoms with Crippen molar-refractivity contribution in [1.29, 1.82) is 0 Å². The van der Waals surface area contributed by atoms with Crippen LogP contribution in [0.5, 0.6) is 0 Å². The molecule has 0 aliphatic carbocycles. The Balaban J connectivity index is 0.00000243. The fraction of sp³-hybridized carbons (Fsp3) is 0.474. The summed E-state index contributed by atoms with van der Waals surface area (Å²) in [6.45, 7) is 9.89. The molecule has 0 unspecified atom stereocenters. The molecule has 0 spiro atoms. The van der Waals surface area contributed by atoms with Crippen molar-refractivity contribution in [2.45, 2.75) is 33.2 Å². The highest BCUT2D eigenvalue weighted by atomic mass is 35.5. The number of rotatable bonds is 5. The minimum Gasteiger partial charge on any atom is -0.323 e. The molecule has 0 bridgehead atoms. The largest absolute Gasteiger partial charge is 0.323 e. The van der Waals surface area contributed by atoms with Gasteiger partial charge in [0.2, 0.25) is 5.91 Å². The summed E-state index contributed by atoms with van der Waals surface area (Å²) >= 11 is 0. The number of benzene rings is 1. The quantitative estimate of drug-likeness (QED) is 0.840. The highest BCUT2D eigenvalue weighted by Gasteiger charge is 2.19. The van der Waals surface area contributed by atoms with Gasteiger partial charge in [-0.25, -0.2) is 4.68 Å². The van der Waals surface area contributed by atoms with Crippen LogP contribution in [0, 0.1) is 13.8 Å². The Morgan fingerprint density at radius 3 is 2.73 bits per heavy atom. The highest BCUT2D eigenvalue weighted by molar-refractivity contribution is 5.92. The number of hydrogen-bond acceptors (Lipinski definition) is 4. The molecule has 3 rings (SSSR count). The minimum atomic E-state index is 0. The van der Waals surface area contributed by atoms with Gasteiger partial charge in [-0.3, -0.25) is 9.69 Å². The predicted molar refractivity (Wildman–Crippen MR) is 107 cm³/mol. The van der Waals surface area contributed by atoms with Gasteiger partial charge in [0.25, 0.3) is 0 Å². The number of anilines is 1. The second-order valence-corrected chi connectivity index (χ2v) is 6.68. The molecule has 1 fully saturated rings. The Bertz CT molecular complexity index is 731. The van der Waals surface area contributed by atoms with E-state index in [1.54, 1.807) is 0 Å². The molecule has 1 aromatic carbocycles. The number of piperazine rings is 1. The number of nitrogens with zero attached hydrogens (tertiary/aromatic N) is 3. The first-order valence-electron chi connectivity index (χ1n) is 8.92. The van der Waals surface area contributed by atoms with Crippen LogP contribution in [0.25, 0.3) is 5.69 Å². The molecular formula is C19H28ClN5O. The van der Waals surface area contributed by atoms with Crippen molar-refractivity contribution >= 4 is 24.0 Å². The van der Waals surface area contributed by atoms with Gasteiger partial charge in [-0.05, 0) is 32.9 Å². The van der Waals surface area contributed by atoms with Crippen LogP contribution in [-0.4, -0.2) is 52.8 Å². The zero-order valence-electron chi connectivity index (χ0n) is 15.7. The average Bonchev–Trinajstić information content (AvgIpc) is 2.90. The van der Waals surface area contributed by atoms with Crippen molar-refractivity contribution in [3.63, 3.8) is 0 Å². The zero-order valence-corrected chi connectivity index (χ0v) is 16.5. The molecular weight excluding hydrogens is 350 g/mol. The molecule has 6 nitrogen and oxygen atoms in total. The monoisotopic (exact) mass is 377 g/mol. The molecule has 26 heavy (non-hydrogen) atoms. The second-order valence-electron chi connectivity index (χ2n) is 6.68. The van der Waals surface area contributed by atoms with E-state index < -0.39 is 0 Å². The standard InChI is InChI=1S/C19H27N5O.ClH/c1-14-13-20-10-12-23(14)11-9-18(25)21-19-15(2)22-24(16(19)3)17-7-5-4-6-8-17;/h4-8,14,20H,9-13H2,1-3H3,(H,21,25);1H/t14-;/m1./s1. The molecule has 142 valence electrons. The first-order valence-corrected chi connectivity index (χ1v) is 8.92. The van der Waals surface area contributed by atoms with Gasteiger partial charge in [0.05, 0.1) is 22.8 Å². The number of nitrogens with one attached hydrogen (secondary N) is 2. The molecule has 7 heteroatoms. The zero-order chi connectivity index (χ0) is 17.8. The Morgan fingerprint density at radius 1 is 1.31 bits per heavy atom. The third kappa shape index (κ3) is 4.63. The Labute approximate surface area is 161 Å². The molecule has 0 saturated carbocycles. The van der Waals surface area contributed by atoms with Crippen LogP contribution < -0.4 is 10.6 Å². The number of aromatic nitrogens is 2. The Morgan fingerprint density at radius 2 is 2.04 bits per heavy atom. The number of carbonyl (C=O) groups is 1. The number of carbonyl (C=O) groups excluding carboxylic acids is 1. The van der Waals surface area contributed by atoms with Crippen molar-refractivity contribution < 1.29 is 4.79 Å². The van der Waals surface area contributed by atoms with Crippen LogP contribution >= 0.6 is 12.4 Å². The first-order chi connectivity index (χ1) is 12.1. The third-order valence-corrected chi connectivity index (χ3v) is 4.82. The summed E-state index contributed by atoms with van der Waals surface area (Å²) in [5.74, 6) is 0.0459. The van der Waals surface area contributed by atoms with Gasteiger partial charge in [-0.15, -0.1) is 12.4 Å². The summed E-state index contributed by atoms with van der Waals surface area (Å²) in [5.41, 5.74) is 3.61. The lowest BCUT2D eigenvalue weighted by atomic mass is 10.2. The Hall–Kier alpha value is -1.89. The van der Waals surface area contributed by atoms with Gasteiger partial charge in [0.15, 0.2) is 0 Å². The van der Waals surface area contributed by atoms with Gasteiger partial charge in [-0.1, -0.05) is 18.2 Å². The van der Waals surface area contributed by atoms with E-state index in [1.807, 2.05) is 48.9 Å². The minimum absolute atomic E-state index is 0. The highest BCUT2D eigenvalue weighted by Crippen LogP contribution is 2.22. The van der Waals surface area contributed by atoms with Crippen molar-refractivity contribution in [1.82, 2.24) is 20.0 Å². The van der Waals surface area contributed by atoms with Crippen molar-refractivity contribution in [2.75, 3.05) is 31.5 Å². The molecule has 1 saturated heterocycles. The van der Waals surface area contributed by atoms with Crippen LogP contribution in [0.3, 0.4) is 0 Å². The summed E-state index contributed by atoms with van der Waals surface area (Å²) in [7, 11) is 0. The van der Waals surface area contributed by atoms with Gasteiger partial charge in [-0.2, -0.15) is 5.10 Å². The topological polar surface area (TPSA) is 62.2 Å². The summed E-state index contributed by atoms with van der Waals surface area (Å²) < 4.78 is 1.88. The second kappa shape index (κ2) is 9.16.